The zero-order chi connectivity index (χ0) is 18.8. The first-order valence-corrected chi connectivity index (χ1v) is 9.83. The number of nitrogens with one attached hydrogen (secondary N) is 1. The van der Waals surface area contributed by atoms with E-state index in [2.05, 4.69) is 10.3 Å². The lowest BCUT2D eigenvalue weighted by Crippen LogP contribution is -2.13. The summed E-state index contributed by atoms with van der Waals surface area (Å²) in [6.07, 6.45) is 3.64. The Bertz CT molecular complexity index is 1030. The number of anilines is 1. The normalized spacial score (nSPS) is 12.8. The smallest absolute Gasteiger partial charge is 0.226 e. The number of ketones is 1. The quantitative estimate of drug-likeness (QED) is 0.644. The van der Waals surface area contributed by atoms with Crippen molar-refractivity contribution in [2.75, 3.05) is 12.4 Å². The average molecular weight is 380 g/mol. The molecule has 27 heavy (non-hydrogen) atoms. The van der Waals surface area contributed by atoms with E-state index in [1.807, 2.05) is 36.4 Å². The first-order chi connectivity index (χ1) is 13.1. The third-order valence-corrected chi connectivity index (χ3v) is 5.78. The van der Waals surface area contributed by atoms with E-state index in [4.69, 9.17) is 4.74 Å². The highest BCUT2D eigenvalue weighted by Crippen LogP contribution is 2.29. The van der Waals surface area contributed by atoms with Gasteiger partial charge in [-0.05, 0) is 54.7 Å². The topological polar surface area (TPSA) is 68.3 Å². The van der Waals surface area contributed by atoms with Crippen LogP contribution >= 0.6 is 11.3 Å². The lowest BCUT2D eigenvalue weighted by Gasteiger charge is -2.05. The van der Waals surface area contributed by atoms with Crippen molar-refractivity contribution in [2.24, 2.45) is 0 Å². The summed E-state index contributed by atoms with van der Waals surface area (Å²) in [7, 11) is 1.61. The van der Waals surface area contributed by atoms with Crippen LogP contribution in [0.25, 0.3) is 10.2 Å². The van der Waals surface area contributed by atoms with Gasteiger partial charge in [0.2, 0.25) is 5.91 Å². The molecule has 0 saturated heterocycles. The maximum atomic E-state index is 12.4. The molecular formula is C21H20N2O3S. The van der Waals surface area contributed by atoms with E-state index < -0.39 is 0 Å². The molecule has 4 rings (SSSR count). The van der Waals surface area contributed by atoms with Gasteiger partial charge in [0.15, 0.2) is 10.9 Å². The van der Waals surface area contributed by atoms with Gasteiger partial charge in [-0.3, -0.25) is 9.59 Å². The van der Waals surface area contributed by atoms with Crippen LogP contribution in [0.4, 0.5) is 5.13 Å². The summed E-state index contributed by atoms with van der Waals surface area (Å²) in [5.41, 5.74) is 4.13. The number of hydrogen-bond acceptors (Lipinski definition) is 5. The fraction of sp³-hybridized carbons (Fsp3) is 0.286. The van der Waals surface area contributed by atoms with Crippen LogP contribution < -0.4 is 10.1 Å². The molecule has 6 heteroatoms. The fourth-order valence-electron chi connectivity index (χ4n) is 3.38. The van der Waals surface area contributed by atoms with Crippen LogP contribution in [0.5, 0.6) is 5.75 Å². The van der Waals surface area contributed by atoms with Gasteiger partial charge in [0.05, 0.1) is 17.3 Å². The molecule has 0 atom stereocenters. The molecule has 5 nitrogen and oxygen atoms in total. The fourth-order valence-corrected chi connectivity index (χ4v) is 4.29. The third-order valence-electron chi connectivity index (χ3n) is 4.84. The highest BCUT2D eigenvalue weighted by atomic mass is 32.1. The molecule has 0 spiro atoms. The number of aromatic nitrogens is 1. The van der Waals surface area contributed by atoms with Gasteiger partial charge in [-0.25, -0.2) is 4.98 Å². The number of methoxy groups -OCH3 is 1. The van der Waals surface area contributed by atoms with Crippen molar-refractivity contribution in [3.8, 4) is 5.75 Å². The van der Waals surface area contributed by atoms with Crippen LogP contribution in [0.2, 0.25) is 0 Å². The average Bonchev–Trinajstić information content (AvgIpc) is 3.30. The molecule has 0 aliphatic heterocycles. The number of aryl methyl sites for hydroxylation is 2. The minimum absolute atomic E-state index is 0.00823. The van der Waals surface area contributed by atoms with E-state index in [0.29, 0.717) is 10.7 Å². The van der Waals surface area contributed by atoms with Gasteiger partial charge in [0.25, 0.3) is 0 Å². The van der Waals surface area contributed by atoms with Crippen molar-refractivity contribution in [1.29, 1.82) is 0 Å². The molecule has 138 valence electrons. The predicted octanol–water partition coefficient (Wildman–Crippen LogP) is 4.40. The maximum Gasteiger partial charge on any atom is 0.226 e. The number of benzene rings is 2. The number of fused-ring (bicyclic) bond motifs is 2. The monoisotopic (exact) mass is 380 g/mol. The number of rotatable bonds is 6. The Balaban J connectivity index is 1.36. The van der Waals surface area contributed by atoms with Crippen molar-refractivity contribution in [2.45, 2.75) is 32.1 Å². The molecule has 1 amide bonds. The first kappa shape index (κ1) is 17.7. The zero-order valence-electron chi connectivity index (χ0n) is 15.1. The largest absolute Gasteiger partial charge is 0.497 e. The summed E-state index contributed by atoms with van der Waals surface area (Å²) in [4.78, 5) is 29.0. The van der Waals surface area contributed by atoms with Crippen LogP contribution in [0.15, 0.2) is 36.4 Å². The van der Waals surface area contributed by atoms with Crippen molar-refractivity contribution in [1.82, 2.24) is 4.98 Å². The second-order valence-corrected chi connectivity index (χ2v) is 7.69. The van der Waals surface area contributed by atoms with Gasteiger partial charge in [-0.1, -0.05) is 23.5 Å². The number of thiazole rings is 1. The van der Waals surface area contributed by atoms with Crippen molar-refractivity contribution >= 4 is 38.4 Å². The molecule has 0 bridgehead atoms. The Morgan fingerprint density at radius 2 is 1.96 bits per heavy atom. The number of hydrogen-bond donors (Lipinski definition) is 1. The molecular weight excluding hydrogens is 360 g/mol. The Labute approximate surface area is 161 Å². The number of amides is 1. The Morgan fingerprint density at radius 3 is 2.81 bits per heavy atom. The highest BCUT2D eigenvalue weighted by Gasteiger charge is 2.15. The predicted molar refractivity (Wildman–Crippen MR) is 107 cm³/mol. The minimum Gasteiger partial charge on any atom is -0.497 e. The van der Waals surface area contributed by atoms with Gasteiger partial charge in [0, 0.05) is 18.4 Å². The van der Waals surface area contributed by atoms with E-state index in [-0.39, 0.29) is 24.5 Å². The molecule has 0 radical (unpaired) electrons. The third kappa shape index (κ3) is 3.85. The van der Waals surface area contributed by atoms with Gasteiger partial charge >= 0.3 is 0 Å². The van der Waals surface area contributed by atoms with Crippen LogP contribution in [-0.4, -0.2) is 23.8 Å². The van der Waals surface area contributed by atoms with Crippen molar-refractivity contribution < 1.29 is 14.3 Å². The van der Waals surface area contributed by atoms with E-state index in [1.165, 1.54) is 22.5 Å². The van der Waals surface area contributed by atoms with Crippen LogP contribution in [0.3, 0.4) is 0 Å². The van der Waals surface area contributed by atoms with E-state index >= 15 is 0 Å². The molecule has 1 aromatic heterocycles. The van der Waals surface area contributed by atoms with Crippen LogP contribution in [-0.2, 0) is 17.6 Å². The first-order valence-electron chi connectivity index (χ1n) is 9.02. The van der Waals surface area contributed by atoms with Gasteiger partial charge < -0.3 is 10.1 Å². The summed E-state index contributed by atoms with van der Waals surface area (Å²) in [5, 5.41) is 3.33. The molecule has 2 aromatic carbocycles. The lowest BCUT2D eigenvalue weighted by atomic mass is 10.0. The summed E-state index contributed by atoms with van der Waals surface area (Å²) >= 11 is 1.39. The van der Waals surface area contributed by atoms with Gasteiger partial charge in [-0.2, -0.15) is 0 Å². The number of Topliss-reactive ketones (excluding diaryl/α,β-unsaturated/α-hetero) is 1. The summed E-state index contributed by atoms with van der Waals surface area (Å²) in [6, 6.07) is 11.5. The zero-order valence-corrected chi connectivity index (χ0v) is 15.9. The maximum absolute atomic E-state index is 12.4. The van der Waals surface area contributed by atoms with Crippen molar-refractivity contribution in [3.05, 3.63) is 53.1 Å². The molecule has 0 unspecified atom stereocenters. The van der Waals surface area contributed by atoms with E-state index in [9.17, 15) is 9.59 Å². The number of ether oxygens (including phenoxy) is 1. The Kier molecular flexibility index (Phi) is 4.90. The minimum atomic E-state index is -0.199. The molecule has 3 aromatic rings. The summed E-state index contributed by atoms with van der Waals surface area (Å²) in [6.45, 7) is 0. The summed E-state index contributed by atoms with van der Waals surface area (Å²) in [5.74, 6) is 0.563. The SMILES string of the molecule is COc1ccc2nc(NC(=O)CCC(=O)c3ccc4c(c3)CCC4)sc2c1. The number of nitrogens with zero attached hydrogens (tertiary/aromatic N) is 1. The standard InChI is InChI=1S/C21H20N2O3S/c1-26-16-7-8-17-19(12-16)27-21(22-17)23-20(25)10-9-18(24)15-6-5-13-3-2-4-14(13)11-15/h5-8,11-12H,2-4,9-10H2,1H3,(H,22,23,25). The molecule has 0 fully saturated rings. The second kappa shape index (κ2) is 7.48. The molecule has 1 heterocycles. The van der Waals surface area contributed by atoms with E-state index in [0.717, 1.165) is 35.2 Å². The van der Waals surface area contributed by atoms with Gasteiger partial charge in [-0.15, -0.1) is 0 Å². The lowest BCUT2D eigenvalue weighted by molar-refractivity contribution is -0.116. The molecule has 1 aliphatic carbocycles. The Morgan fingerprint density at radius 1 is 1.11 bits per heavy atom. The van der Waals surface area contributed by atoms with E-state index in [1.54, 1.807) is 7.11 Å². The number of carbonyl (C=O) groups excluding carboxylic acids is 2. The van der Waals surface area contributed by atoms with Gasteiger partial charge in [0.1, 0.15) is 5.75 Å². The van der Waals surface area contributed by atoms with Crippen LogP contribution in [0.1, 0.15) is 40.7 Å². The van der Waals surface area contributed by atoms with Crippen LogP contribution in [0, 0.1) is 0 Å². The molecule has 0 saturated carbocycles. The molecule has 1 aliphatic rings. The highest BCUT2D eigenvalue weighted by molar-refractivity contribution is 7.22. The number of carbonyl (C=O) groups is 2. The Hall–Kier alpha value is -2.73. The second-order valence-electron chi connectivity index (χ2n) is 6.66. The summed E-state index contributed by atoms with van der Waals surface area (Å²) < 4.78 is 6.14. The van der Waals surface area contributed by atoms with Crippen molar-refractivity contribution in [3.63, 3.8) is 0 Å². The molecule has 1 N–H and O–H groups in total.